The maximum absolute atomic E-state index is 6.85. The Morgan fingerprint density at radius 3 is 2.70 bits per heavy atom. The minimum atomic E-state index is -0.595. The fourth-order valence-corrected chi connectivity index (χ4v) is 4.93. The molecule has 0 bridgehead atoms. The summed E-state index contributed by atoms with van der Waals surface area (Å²) >= 11 is 8.43. The lowest BCUT2D eigenvalue weighted by Crippen LogP contribution is -2.18. The van der Waals surface area contributed by atoms with Crippen molar-refractivity contribution in [3.8, 4) is 22.8 Å². The first kappa shape index (κ1) is 21.7. The van der Waals surface area contributed by atoms with Gasteiger partial charge in [-0.15, -0.1) is 10.2 Å². The highest BCUT2D eigenvalue weighted by Gasteiger charge is 2.31. The molecule has 1 aliphatic rings. The minimum Gasteiger partial charge on any atom is -0.447 e. The summed E-state index contributed by atoms with van der Waals surface area (Å²) < 4.78 is 8.13. The van der Waals surface area contributed by atoms with Crippen LogP contribution >= 0.6 is 23.4 Å². The van der Waals surface area contributed by atoms with Gasteiger partial charge < -0.3 is 10.1 Å². The standard InChI is InChI=1S/C24H23ClN6OS/c1-3-4-14-33-24-27-23-20(28-29-24)17-12-8-9-13-18(17)26-22(32-23)19-15(2)30-31(21(19)25)16-10-6-5-7-11-16/h5-13,22,26H,3-4,14H2,1-2H3/t22-/m1/s1. The smallest absolute Gasteiger partial charge is 0.247 e. The van der Waals surface area contributed by atoms with Gasteiger partial charge in [-0.3, -0.25) is 0 Å². The number of para-hydroxylation sites is 2. The lowest BCUT2D eigenvalue weighted by atomic mass is 10.1. The van der Waals surface area contributed by atoms with E-state index in [9.17, 15) is 0 Å². The fraction of sp³-hybridized carbons (Fsp3) is 0.250. The van der Waals surface area contributed by atoms with Gasteiger partial charge in [0.05, 0.1) is 16.9 Å². The molecule has 4 aromatic rings. The van der Waals surface area contributed by atoms with Gasteiger partial charge in [0.2, 0.25) is 17.3 Å². The molecule has 1 N–H and O–H groups in total. The highest BCUT2D eigenvalue weighted by atomic mass is 35.5. The van der Waals surface area contributed by atoms with Crippen LogP contribution in [0.25, 0.3) is 16.9 Å². The van der Waals surface area contributed by atoms with Crippen LogP contribution in [-0.2, 0) is 0 Å². The van der Waals surface area contributed by atoms with E-state index in [0.717, 1.165) is 46.8 Å². The summed E-state index contributed by atoms with van der Waals surface area (Å²) in [5.41, 5.74) is 4.74. The molecule has 2 aromatic heterocycles. The van der Waals surface area contributed by atoms with Gasteiger partial charge in [-0.25, -0.2) is 4.68 Å². The van der Waals surface area contributed by atoms with Gasteiger partial charge in [0.15, 0.2) is 5.69 Å². The van der Waals surface area contributed by atoms with Gasteiger partial charge in [-0.2, -0.15) is 10.1 Å². The molecule has 0 fully saturated rings. The summed E-state index contributed by atoms with van der Waals surface area (Å²) in [4.78, 5) is 4.70. The summed E-state index contributed by atoms with van der Waals surface area (Å²) in [6.07, 6.45) is 1.61. The molecule has 0 unspecified atom stereocenters. The average Bonchev–Trinajstić information content (AvgIpc) is 3.04. The number of fused-ring (bicyclic) bond motifs is 3. The molecule has 0 saturated carbocycles. The normalized spacial score (nSPS) is 14.6. The Hall–Kier alpha value is -3.10. The first-order valence-electron chi connectivity index (χ1n) is 10.9. The predicted molar refractivity (Wildman–Crippen MR) is 131 cm³/mol. The molecule has 0 saturated heterocycles. The van der Waals surface area contributed by atoms with Crippen molar-refractivity contribution in [3.05, 3.63) is 71.0 Å². The molecule has 7 nitrogen and oxygen atoms in total. The highest BCUT2D eigenvalue weighted by Crippen LogP contribution is 2.41. The Labute approximate surface area is 201 Å². The number of thioether (sulfide) groups is 1. The number of hydrogen-bond acceptors (Lipinski definition) is 7. The van der Waals surface area contributed by atoms with Gasteiger partial charge >= 0.3 is 0 Å². The number of rotatable bonds is 6. The second-order valence-corrected chi connectivity index (χ2v) is 9.10. The van der Waals surface area contributed by atoms with Gasteiger partial charge in [-0.1, -0.05) is 73.1 Å². The maximum Gasteiger partial charge on any atom is 0.247 e. The lowest BCUT2D eigenvalue weighted by Gasteiger charge is -2.19. The molecule has 1 atom stereocenters. The zero-order chi connectivity index (χ0) is 22.8. The number of nitrogens with zero attached hydrogens (tertiary/aromatic N) is 5. The van der Waals surface area contributed by atoms with E-state index < -0.39 is 6.23 Å². The van der Waals surface area contributed by atoms with Crippen LogP contribution in [0.15, 0.2) is 59.8 Å². The van der Waals surface area contributed by atoms with Crippen molar-refractivity contribution in [2.45, 2.75) is 38.1 Å². The molecule has 0 spiro atoms. The van der Waals surface area contributed by atoms with Crippen molar-refractivity contribution in [1.29, 1.82) is 0 Å². The monoisotopic (exact) mass is 478 g/mol. The molecule has 1 aliphatic heterocycles. The third kappa shape index (κ3) is 4.28. The summed E-state index contributed by atoms with van der Waals surface area (Å²) in [5.74, 6) is 1.36. The molecule has 5 rings (SSSR count). The second kappa shape index (κ2) is 9.41. The van der Waals surface area contributed by atoms with Crippen molar-refractivity contribution in [2.75, 3.05) is 11.1 Å². The number of halogens is 1. The number of anilines is 1. The number of aryl methyl sites for hydroxylation is 1. The van der Waals surface area contributed by atoms with Crippen LogP contribution in [0.3, 0.4) is 0 Å². The Kier molecular flexibility index (Phi) is 6.20. The first-order valence-corrected chi connectivity index (χ1v) is 12.2. The van der Waals surface area contributed by atoms with Gasteiger partial charge in [0, 0.05) is 17.0 Å². The number of ether oxygens (including phenoxy) is 1. The van der Waals surface area contributed by atoms with E-state index in [1.54, 1.807) is 16.4 Å². The number of aromatic nitrogens is 5. The molecule has 0 aliphatic carbocycles. The molecule has 0 amide bonds. The van der Waals surface area contributed by atoms with Crippen molar-refractivity contribution in [3.63, 3.8) is 0 Å². The van der Waals surface area contributed by atoms with E-state index in [-0.39, 0.29) is 0 Å². The first-order chi connectivity index (χ1) is 16.2. The summed E-state index contributed by atoms with van der Waals surface area (Å²) in [5, 5.41) is 18.0. The van der Waals surface area contributed by atoms with Crippen LogP contribution in [0.1, 0.15) is 37.3 Å². The second-order valence-electron chi connectivity index (χ2n) is 7.68. The Bertz CT molecular complexity index is 1280. The topological polar surface area (TPSA) is 77.8 Å². The van der Waals surface area contributed by atoms with E-state index >= 15 is 0 Å². The van der Waals surface area contributed by atoms with E-state index in [0.29, 0.717) is 21.9 Å². The molecule has 3 heterocycles. The summed E-state index contributed by atoms with van der Waals surface area (Å²) in [6.45, 7) is 4.09. The average molecular weight is 479 g/mol. The van der Waals surface area contributed by atoms with E-state index in [4.69, 9.17) is 21.3 Å². The largest absolute Gasteiger partial charge is 0.447 e. The third-order valence-corrected chi connectivity index (χ3v) is 6.66. The van der Waals surface area contributed by atoms with Crippen LogP contribution in [0.4, 0.5) is 5.69 Å². The number of hydrogen-bond donors (Lipinski definition) is 1. The van der Waals surface area contributed by atoms with Gasteiger partial charge in [-0.05, 0) is 31.5 Å². The molecular weight excluding hydrogens is 456 g/mol. The summed E-state index contributed by atoms with van der Waals surface area (Å²) in [6, 6.07) is 17.7. The Morgan fingerprint density at radius 1 is 1.09 bits per heavy atom. The van der Waals surface area contributed by atoms with E-state index in [1.807, 2.05) is 61.5 Å². The quantitative estimate of drug-likeness (QED) is 0.265. The summed E-state index contributed by atoms with van der Waals surface area (Å²) in [7, 11) is 0. The molecule has 0 radical (unpaired) electrons. The van der Waals surface area contributed by atoms with Crippen LogP contribution in [0, 0.1) is 6.92 Å². The van der Waals surface area contributed by atoms with Crippen LogP contribution in [0.2, 0.25) is 5.15 Å². The SMILES string of the molecule is CCCCSc1nnc2c(n1)O[C@H](c1c(C)nn(-c3ccccc3)c1Cl)Nc1ccccc1-2. The zero-order valence-corrected chi connectivity index (χ0v) is 19.9. The Morgan fingerprint density at radius 2 is 1.88 bits per heavy atom. The van der Waals surface area contributed by atoms with E-state index in [2.05, 4.69) is 27.5 Å². The lowest BCUT2D eigenvalue weighted by molar-refractivity contribution is 0.224. The molecule has 168 valence electrons. The van der Waals surface area contributed by atoms with E-state index in [1.165, 1.54) is 0 Å². The number of benzene rings is 2. The predicted octanol–water partition coefficient (Wildman–Crippen LogP) is 6.08. The van der Waals surface area contributed by atoms with Crippen molar-refractivity contribution in [1.82, 2.24) is 25.0 Å². The minimum absolute atomic E-state index is 0.425. The molecule has 2 aromatic carbocycles. The molecule has 9 heteroatoms. The fourth-order valence-electron chi connectivity index (χ4n) is 3.70. The van der Waals surface area contributed by atoms with Gasteiger partial charge in [0.1, 0.15) is 5.15 Å². The van der Waals surface area contributed by atoms with Crippen molar-refractivity contribution < 1.29 is 4.74 Å². The highest BCUT2D eigenvalue weighted by molar-refractivity contribution is 7.99. The number of nitrogens with one attached hydrogen (secondary N) is 1. The zero-order valence-electron chi connectivity index (χ0n) is 18.3. The number of unbranched alkanes of at least 4 members (excludes halogenated alkanes) is 1. The van der Waals surface area contributed by atoms with Crippen LogP contribution in [-0.4, -0.2) is 30.7 Å². The third-order valence-electron chi connectivity index (χ3n) is 5.37. The Balaban J connectivity index is 1.57. The molecule has 33 heavy (non-hydrogen) atoms. The van der Waals surface area contributed by atoms with Crippen LogP contribution < -0.4 is 10.1 Å². The van der Waals surface area contributed by atoms with Crippen LogP contribution in [0.5, 0.6) is 5.88 Å². The maximum atomic E-state index is 6.85. The van der Waals surface area contributed by atoms with Crippen molar-refractivity contribution in [2.24, 2.45) is 0 Å². The van der Waals surface area contributed by atoms with Crippen molar-refractivity contribution >= 4 is 29.1 Å². The van der Waals surface area contributed by atoms with Gasteiger partial charge in [0.25, 0.3) is 0 Å². The molecular formula is C24H23ClN6OS.